The molecule has 70 valence electrons. The summed E-state index contributed by atoms with van der Waals surface area (Å²) in [5.74, 6) is 0.591. The van der Waals surface area contributed by atoms with Crippen molar-refractivity contribution in [2.45, 2.75) is 0 Å². The minimum Gasteiger partial charge on any atom is -0.368 e. The number of aromatic nitrogens is 2. The van der Waals surface area contributed by atoms with Gasteiger partial charge in [-0.2, -0.15) is 9.37 Å². The summed E-state index contributed by atoms with van der Waals surface area (Å²) in [4.78, 5) is 7.33. The fraction of sp³-hybridized carbons (Fsp3) is 0.500. The zero-order chi connectivity index (χ0) is 9.10. The molecular formula is C8H11FN4. The Morgan fingerprint density at radius 2 is 2.38 bits per heavy atom. The maximum atomic E-state index is 12.6. The minimum absolute atomic E-state index is 0.506. The molecule has 2 N–H and O–H groups in total. The molecule has 0 spiro atoms. The highest BCUT2D eigenvalue weighted by Gasteiger charge is 2.15. The van der Waals surface area contributed by atoms with E-state index in [1.54, 1.807) is 0 Å². The van der Waals surface area contributed by atoms with Crippen LogP contribution >= 0.6 is 0 Å². The topological polar surface area (TPSA) is 49.8 Å². The quantitative estimate of drug-likeness (QED) is 0.703. The molecule has 0 aliphatic carbocycles. The van der Waals surface area contributed by atoms with Gasteiger partial charge in [-0.25, -0.2) is 0 Å². The second-order valence-corrected chi connectivity index (χ2v) is 3.13. The lowest BCUT2D eigenvalue weighted by Crippen LogP contribution is -2.45. The van der Waals surface area contributed by atoms with Crippen LogP contribution in [0.4, 0.5) is 10.2 Å². The predicted octanol–water partition coefficient (Wildman–Crippen LogP) is 0.247. The molecule has 0 amide bonds. The molecule has 0 saturated carbocycles. The first-order valence-corrected chi connectivity index (χ1v) is 4.27. The summed E-state index contributed by atoms with van der Waals surface area (Å²) in [5.41, 5.74) is 0. The van der Waals surface area contributed by atoms with Gasteiger partial charge in [0, 0.05) is 25.6 Å². The zero-order valence-electron chi connectivity index (χ0n) is 7.13. The van der Waals surface area contributed by atoms with Crippen LogP contribution in [-0.4, -0.2) is 29.6 Å². The van der Waals surface area contributed by atoms with Gasteiger partial charge in [-0.05, 0) is 0 Å². The lowest BCUT2D eigenvalue weighted by Gasteiger charge is -2.27. The van der Waals surface area contributed by atoms with Gasteiger partial charge in [0.25, 0.3) is 0 Å². The molecule has 1 saturated heterocycles. The van der Waals surface area contributed by atoms with Crippen LogP contribution in [0.2, 0.25) is 0 Å². The van der Waals surface area contributed by atoms with Gasteiger partial charge in [-0.3, -0.25) is 4.98 Å². The third-order valence-corrected chi connectivity index (χ3v) is 2.04. The summed E-state index contributed by atoms with van der Waals surface area (Å²) in [7, 11) is 0. The highest BCUT2D eigenvalue weighted by Crippen LogP contribution is 2.05. The van der Waals surface area contributed by atoms with Crippen LogP contribution in [0, 0.1) is 11.9 Å². The summed E-state index contributed by atoms with van der Waals surface area (Å²) in [6.45, 7) is 2.87. The van der Waals surface area contributed by atoms with Crippen LogP contribution < -0.4 is 10.6 Å². The molecule has 5 heteroatoms. The molecule has 2 rings (SSSR count). The van der Waals surface area contributed by atoms with E-state index in [1.807, 2.05) is 0 Å². The maximum absolute atomic E-state index is 12.6. The van der Waals surface area contributed by atoms with Crippen LogP contribution in [0.15, 0.2) is 12.4 Å². The molecule has 0 aromatic carbocycles. The number of halogens is 1. The Kier molecular flexibility index (Phi) is 2.35. The smallest absolute Gasteiger partial charge is 0.233 e. The van der Waals surface area contributed by atoms with Gasteiger partial charge in [0.05, 0.1) is 12.4 Å². The largest absolute Gasteiger partial charge is 0.368 e. The van der Waals surface area contributed by atoms with Gasteiger partial charge in [0.15, 0.2) is 0 Å². The lowest BCUT2D eigenvalue weighted by atomic mass is 10.0. The van der Waals surface area contributed by atoms with Crippen LogP contribution in [-0.2, 0) is 0 Å². The van der Waals surface area contributed by atoms with Crippen molar-refractivity contribution in [2.75, 3.05) is 25.0 Å². The zero-order valence-corrected chi connectivity index (χ0v) is 7.13. The standard InChI is InChI=1S/C8H11FN4/c9-7-4-11-5-8(13-7)12-3-6-1-10-2-6/h4-6,10H,1-3H2,(H,12,13). The molecule has 0 bridgehead atoms. The second-order valence-electron chi connectivity index (χ2n) is 3.13. The molecular weight excluding hydrogens is 171 g/mol. The molecule has 1 aromatic heterocycles. The van der Waals surface area contributed by atoms with Crippen LogP contribution in [0.25, 0.3) is 0 Å². The Morgan fingerprint density at radius 3 is 3.00 bits per heavy atom. The summed E-state index contributed by atoms with van der Waals surface area (Å²) < 4.78 is 12.6. The summed E-state index contributed by atoms with van der Waals surface area (Å²) in [6.07, 6.45) is 2.62. The number of hydrogen-bond donors (Lipinski definition) is 2. The SMILES string of the molecule is Fc1cncc(NCC2CNC2)n1. The number of hydrogen-bond acceptors (Lipinski definition) is 4. The molecule has 2 heterocycles. The van der Waals surface area contributed by atoms with Crippen molar-refractivity contribution in [3.63, 3.8) is 0 Å². The Morgan fingerprint density at radius 1 is 1.54 bits per heavy atom. The molecule has 1 aromatic rings. The average Bonchev–Trinajstić information content (AvgIpc) is 2.01. The lowest BCUT2D eigenvalue weighted by molar-refractivity contribution is 0.365. The van der Waals surface area contributed by atoms with E-state index < -0.39 is 5.95 Å². The van der Waals surface area contributed by atoms with Crippen molar-refractivity contribution in [1.82, 2.24) is 15.3 Å². The first kappa shape index (κ1) is 8.37. The molecule has 13 heavy (non-hydrogen) atoms. The van der Waals surface area contributed by atoms with Gasteiger partial charge in [0.1, 0.15) is 5.82 Å². The van der Waals surface area contributed by atoms with Crippen LogP contribution in [0.1, 0.15) is 0 Å². The minimum atomic E-state index is -0.545. The maximum Gasteiger partial charge on any atom is 0.233 e. The predicted molar refractivity (Wildman–Crippen MR) is 46.8 cm³/mol. The molecule has 0 radical (unpaired) electrons. The fourth-order valence-corrected chi connectivity index (χ4v) is 1.17. The Bertz CT molecular complexity index is 287. The van der Waals surface area contributed by atoms with Crippen LogP contribution in [0.5, 0.6) is 0 Å². The van der Waals surface area contributed by atoms with Gasteiger partial charge in [-0.15, -0.1) is 0 Å². The monoisotopic (exact) mass is 182 g/mol. The molecule has 1 aliphatic heterocycles. The van der Waals surface area contributed by atoms with Crippen LogP contribution in [0.3, 0.4) is 0 Å². The summed E-state index contributed by atoms with van der Waals surface area (Å²) >= 11 is 0. The molecule has 1 aliphatic rings. The van der Waals surface area contributed by atoms with Crippen molar-refractivity contribution in [1.29, 1.82) is 0 Å². The summed E-state index contributed by atoms with van der Waals surface area (Å²) in [5, 5.41) is 6.19. The third-order valence-electron chi connectivity index (χ3n) is 2.04. The van der Waals surface area contributed by atoms with Crippen molar-refractivity contribution < 1.29 is 4.39 Å². The number of nitrogens with zero attached hydrogens (tertiary/aromatic N) is 2. The van der Waals surface area contributed by atoms with E-state index >= 15 is 0 Å². The second kappa shape index (κ2) is 3.66. The highest BCUT2D eigenvalue weighted by atomic mass is 19.1. The average molecular weight is 182 g/mol. The third kappa shape index (κ3) is 2.12. The molecule has 1 fully saturated rings. The van der Waals surface area contributed by atoms with E-state index in [-0.39, 0.29) is 0 Å². The number of nitrogens with one attached hydrogen (secondary N) is 2. The van der Waals surface area contributed by atoms with Crippen molar-refractivity contribution in [3.05, 3.63) is 18.3 Å². The van der Waals surface area contributed by atoms with Crippen molar-refractivity contribution in [3.8, 4) is 0 Å². The first-order valence-electron chi connectivity index (χ1n) is 4.27. The highest BCUT2D eigenvalue weighted by molar-refractivity contribution is 5.30. The summed E-state index contributed by atoms with van der Waals surface area (Å²) in [6, 6.07) is 0. The first-order chi connectivity index (χ1) is 6.34. The van der Waals surface area contributed by atoms with Gasteiger partial charge < -0.3 is 10.6 Å². The van der Waals surface area contributed by atoms with E-state index in [1.165, 1.54) is 6.20 Å². The Labute approximate surface area is 75.6 Å². The molecule has 0 atom stereocenters. The van der Waals surface area contributed by atoms with Crippen molar-refractivity contribution >= 4 is 5.82 Å². The fourth-order valence-electron chi connectivity index (χ4n) is 1.17. The van der Waals surface area contributed by atoms with Crippen molar-refractivity contribution in [2.24, 2.45) is 5.92 Å². The Balaban J connectivity index is 1.86. The normalized spacial score (nSPS) is 16.7. The number of rotatable bonds is 3. The molecule has 4 nitrogen and oxygen atoms in total. The van der Waals surface area contributed by atoms with Gasteiger partial charge in [0.2, 0.25) is 5.95 Å². The van der Waals surface area contributed by atoms with E-state index in [4.69, 9.17) is 0 Å². The van der Waals surface area contributed by atoms with E-state index in [0.29, 0.717) is 11.7 Å². The Hall–Kier alpha value is -1.23. The van der Waals surface area contributed by atoms with E-state index in [2.05, 4.69) is 20.6 Å². The van der Waals surface area contributed by atoms with Gasteiger partial charge >= 0.3 is 0 Å². The van der Waals surface area contributed by atoms with E-state index in [9.17, 15) is 4.39 Å². The van der Waals surface area contributed by atoms with E-state index in [0.717, 1.165) is 25.8 Å². The van der Waals surface area contributed by atoms with Gasteiger partial charge in [-0.1, -0.05) is 0 Å². The molecule has 0 unspecified atom stereocenters. The number of anilines is 1.